The van der Waals surface area contributed by atoms with Gasteiger partial charge in [-0.05, 0) is 37.5 Å². The highest BCUT2D eigenvalue weighted by Crippen LogP contribution is 2.15. The summed E-state index contributed by atoms with van der Waals surface area (Å²) < 4.78 is 0. The number of nitrogens with two attached hydrogens (primary N) is 1. The Morgan fingerprint density at radius 3 is 2.48 bits per heavy atom. The van der Waals surface area contributed by atoms with Crippen molar-refractivity contribution in [3.8, 4) is 0 Å². The highest BCUT2D eigenvalue weighted by atomic mass is 16.1. The summed E-state index contributed by atoms with van der Waals surface area (Å²) >= 11 is 0. The largest absolute Gasteiger partial charge is 0.399 e. The topological polar surface area (TPSA) is 55.1 Å². The number of anilines is 1. The quantitative estimate of drug-likeness (QED) is 0.826. The van der Waals surface area contributed by atoms with Crippen LogP contribution in [0.4, 0.5) is 5.69 Å². The molecular formula is C18H22N2O. The number of benzene rings is 2. The minimum Gasteiger partial charge on any atom is -0.399 e. The first-order valence-electron chi connectivity index (χ1n) is 7.25. The Morgan fingerprint density at radius 1 is 1.14 bits per heavy atom. The van der Waals surface area contributed by atoms with Crippen LogP contribution in [-0.2, 0) is 11.2 Å². The Bertz CT molecular complexity index is 605. The van der Waals surface area contributed by atoms with Crippen molar-refractivity contribution >= 4 is 11.6 Å². The first-order chi connectivity index (χ1) is 10.1. The van der Waals surface area contributed by atoms with Gasteiger partial charge in [0.2, 0.25) is 5.91 Å². The lowest BCUT2D eigenvalue weighted by Crippen LogP contribution is -2.26. The summed E-state index contributed by atoms with van der Waals surface area (Å²) in [7, 11) is 0. The molecule has 21 heavy (non-hydrogen) atoms. The van der Waals surface area contributed by atoms with Crippen molar-refractivity contribution in [2.45, 2.75) is 32.7 Å². The maximum atomic E-state index is 12.0. The molecule has 2 aromatic rings. The van der Waals surface area contributed by atoms with Gasteiger partial charge in [0.05, 0.1) is 6.04 Å². The summed E-state index contributed by atoms with van der Waals surface area (Å²) in [5.74, 6) is 0.0475. The second kappa shape index (κ2) is 6.93. The molecule has 0 heterocycles. The van der Waals surface area contributed by atoms with E-state index in [1.54, 1.807) is 0 Å². The molecule has 0 aliphatic heterocycles. The zero-order valence-electron chi connectivity index (χ0n) is 12.6. The summed E-state index contributed by atoms with van der Waals surface area (Å²) in [5, 5.41) is 3.03. The van der Waals surface area contributed by atoms with E-state index >= 15 is 0 Å². The predicted molar refractivity (Wildman–Crippen MR) is 86.9 cm³/mol. The summed E-state index contributed by atoms with van der Waals surface area (Å²) in [6.07, 6.45) is 1.11. The average molecular weight is 282 g/mol. The molecule has 0 radical (unpaired) electrons. The molecule has 1 unspecified atom stereocenters. The van der Waals surface area contributed by atoms with Gasteiger partial charge in [-0.25, -0.2) is 0 Å². The lowest BCUT2D eigenvalue weighted by atomic mass is 10.1. The summed E-state index contributed by atoms with van der Waals surface area (Å²) in [6.45, 7) is 4.05. The van der Waals surface area contributed by atoms with Crippen LogP contribution in [0.1, 0.15) is 36.1 Å². The van der Waals surface area contributed by atoms with Crippen molar-refractivity contribution in [3.05, 3.63) is 65.2 Å². The maximum Gasteiger partial charge on any atom is 0.220 e. The zero-order chi connectivity index (χ0) is 15.2. The number of hydrogen-bond acceptors (Lipinski definition) is 2. The Balaban J connectivity index is 1.87. The molecular weight excluding hydrogens is 260 g/mol. The number of nitrogen functional groups attached to an aromatic ring is 1. The molecule has 0 fully saturated rings. The van der Waals surface area contributed by atoms with Crippen LogP contribution in [0.2, 0.25) is 0 Å². The highest BCUT2D eigenvalue weighted by Gasteiger charge is 2.10. The van der Waals surface area contributed by atoms with Gasteiger partial charge in [-0.1, -0.05) is 48.0 Å². The van der Waals surface area contributed by atoms with Crippen LogP contribution in [0.5, 0.6) is 0 Å². The molecule has 1 atom stereocenters. The van der Waals surface area contributed by atoms with Crippen LogP contribution in [-0.4, -0.2) is 5.91 Å². The number of hydrogen-bond donors (Lipinski definition) is 2. The van der Waals surface area contributed by atoms with E-state index in [4.69, 9.17) is 5.73 Å². The van der Waals surface area contributed by atoms with Crippen LogP contribution in [0.25, 0.3) is 0 Å². The van der Waals surface area contributed by atoms with Crippen LogP contribution >= 0.6 is 0 Å². The number of para-hydroxylation sites is 1. The van der Waals surface area contributed by atoms with Crippen LogP contribution < -0.4 is 11.1 Å². The molecule has 2 rings (SSSR count). The zero-order valence-corrected chi connectivity index (χ0v) is 12.6. The highest BCUT2D eigenvalue weighted by molar-refractivity contribution is 5.77. The van der Waals surface area contributed by atoms with E-state index in [0.29, 0.717) is 12.8 Å². The van der Waals surface area contributed by atoms with E-state index in [0.717, 1.165) is 16.8 Å². The first-order valence-corrected chi connectivity index (χ1v) is 7.25. The van der Waals surface area contributed by atoms with Crippen molar-refractivity contribution in [3.63, 3.8) is 0 Å². The number of aryl methyl sites for hydroxylation is 2. The molecule has 3 nitrogen and oxygen atoms in total. The summed E-state index contributed by atoms with van der Waals surface area (Å²) in [6, 6.07) is 15.9. The Labute approximate surface area is 126 Å². The number of carbonyl (C=O) groups is 1. The first kappa shape index (κ1) is 15.1. The number of carbonyl (C=O) groups excluding carboxylic acids is 1. The monoisotopic (exact) mass is 282 g/mol. The van der Waals surface area contributed by atoms with Crippen molar-refractivity contribution < 1.29 is 4.79 Å². The number of nitrogens with one attached hydrogen (secondary N) is 1. The van der Waals surface area contributed by atoms with E-state index in [-0.39, 0.29) is 11.9 Å². The molecule has 0 saturated carbocycles. The molecule has 0 bridgehead atoms. The molecule has 0 aromatic heterocycles. The van der Waals surface area contributed by atoms with E-state index in [2.05, 4.69) is 36.5 Å². The van der Waals surface area contributed by atoms with Gasteiger partial charge in [-0.2, -0.15) is 0 Å². The van der Waals surface area contributed by atoms with Gasteiger partial charge >= 0.3 is 0 Å². The molecule has 0 aliphatic carbocycles. The normalized spacial score (nSPS) is 11.9. The fourth-order valence-corrected chi connectivity index (χ4v) is 2.26. The lowest BCUT2D eigenvalue weighted by molar-refractivity contribution is -0.121. The molecule has 3 N–H and O–H groups in total. The SMILES string of the molecule is Cc1ccc(C(C)NC(=O)CCc2ccccc2N)cc1. The Kier molecular flexibility index (Phi) is 4.99. The van der Waals surface area contributed by atoms with Gasteiger partial charge < -0.3 is 11.1 Å². The van der Waals surface area contributed by atoms with E-state index < -0.39 is 0 Å². The lowest BCUT2D eigenvalue weighted by Gasteiger charge is -2.15. The van der Waals surface area contributed by atoms with Crippen molar-refractivity contribution in [2.24, 2.45) is 0 Å². The number of rotatable bonds is 5. The standard InChI is InChI=1S/C18H22N2O/c1-13-7-9-15(10-8-13)14(2)20-18(21)12-11-16-5-3-4-6-17(16)19/h3-10,14H,11-12,19H2,1-2H3,(H,20,21). The van der Waals surface area contributed by atoms with Crippen LogP contribution in [0.3, 0.4) is 0 Å². The second-order valence-electron chi connectivity index (χ2n) is 5.40. The smallest absolute Gasteiger partial charge is 0.220 e. The molecule has 0 spiro atoms. The van der Waals surface area contributed by atoms with Gasteiger partial charge in [0, 0.05) is 12.1 Å². The molecule has 2 aromatic carbocycles. The van der Waals surface area contributed by atoms with Gasteiger partial charge in [-0.3, -0.25) is 4.79 Å². The second-order valence-corrected chi connectivity index (χ2v) is 5.40. The summed E-state index contributed by atoms with van der Waals surface area (Å²) in [5.41, 5.74) is 9.99. The van der Waals surface area contributed by atoms with E-state index in [1.807, 2.05) is 31.2 Å². The Morgan fingerprint density at radius 2 is 1.81 bits per heavy atom. The third kappa shape index (κ3) is 4.35. The minimum absolute atomic E-state index is 0.0196. The third-order valence-corrected chi connectivity index (χ3v) is 3.63. The molecule has 1 amide bonds. The van der Waals surface area contributed by atoms with Crippen molar-refractivity contribution in [2.75, 3.05) is 5.73 Å². The molecule has 110 valence electrons. The third-order valence-electron chi connectivity index (χ3n) is 3.63. The number of amides is 1. The van der Waals surface area contributed by atoms with E-state index in [1.165, 1.54) is 5.56 Å². The molecule has 0 aliphatic rings. The summed E-state index contributed by atoms with van der Waals surface area (Å²) in [4.78, 5) is 12.0. The van der Waals surface area contributed by atoms with Gasteiger partial charge in [-0.15, -0.1) is 0 Å². The molecule has 0 saturated heterocycles. The van der Waals surface area contributed by atoms with Gasteiger partial charge in [0.25, 0.3) is 0 Å². The van der Waals surface area contributed by atoms with E-state index in [9.17, 15) is 4.79 Å². The fourth-order valence-electron chi connectivity index (χ4n) is 2.26. The predicted octanol–water partition coefficient (Wildman–Crippen LogP) is 3.39. The maximum absolute atomic E-state index is 12.0. The van der Waals surface area contributed by atoms with Crippen molar-refractivity contribution in [1.29, 1.82) is 0 Å². The van der Waals surface area contributed by atoms with Crippen molar-refractivity contribution in [1.82, 2.24) is 5.32 Å². The average Bonchev–Trinajstić information content (AvgIpc) is 2.47. The Hall–Kier alpha value is -2.29. The molecule has 3 heteroatoms. The van der Waals surface area contributed by atoms with Gasteiger partial charge in [0.1, 0.15) is 0 Å². The minimum atomic E-state index is 0.0196. The van der Waals surface area contributed by atoms with Gasteiger partial charge in [0.15, 0.2) is 0 Å². The van der Waals surface area contributed by atoms with Crippen LogP contribution in [0, 0.1) is 6.92 Å². The fraction of sp³-hybridized carbons (Fsp3) is 0.278. The van der Waals surface area contributed by atoms with Crippen LogP contribution in [0.15, 0.2) is 48.5 Å².